The van der Waals surface area contributed by atoms with Gasteiger partial charge in [0.1, 0.15) is 0 Å². The maximum absolute atomic E-state index is 11.4. The van der Waals surface area contributed by atoms with E-state index in [9.17, 15) is 4.79 Å². The molecule has 1 saturated heterocycles. The van der Waals surface area contributed by atoms with Crippen molar-refractivity contribution < 1.29 is 14.1 Å². The van der Waals surface area contributed by atoms with E-state index in [1.165, 1.54) is 11.8 Å². The van der Waals surface area contributed by atoms with Crippen molar-refractivity contribution in [2.24, 2.45) is 0 Å². The number of carbonyl (C=O) groups excluding carboxylic acids is 1. The van der Waals surface area contributed by atoms with Crippen LogP contribution in [-0.4, -0.2) is 39.2 Å². The van der Waals surface area contributed by atoms with Crippen molar-refractivity contribution in [2.45, 2.75) is 52.7 Å². The normalized spacial score (nSPS) is 19.6. The Morgan fingerprint density at radius 3 is 2.42 bits per heavy atom. The SMILES string of the molecule is CC(=O)SCC(=Cc1cnc(N)nc1C)B1OC(C)(C)C(C)(C)O1. The number of anilines is 1. The molecule has 1 aliphatic heterocycles. The van der Waals surface area contributed by atoms with Crippen molar-refractivity contribution in [2.75, 3.05) is 11.5 Å². The summed E-state index contributed by atoms with van der Waals surface area (Å²) in [4.78, 5) is 19.6. The zero-order valence-corrected chi connectivity index (χ0v) is 15.9. The number of aromatic nitrogens is 2. The Morgan fingerprint density at radius 2 is 1.92 bits per heavy atom. The van der Waals surface area contributed by atoms with Crippen LogP contribution in [-0.2, 0) is 14.1 Å². The van der Waals surface area contributed by atoms with E-state index in [1.54, 1.807) is 13.1 Å². The number of hydrogen-bond acceptors (Lipinski definition) is 7. The molecular weight excluding hydrogens is 325 g/mol. The van der Waals surface area contributed by atoms with E-state index >= 15 is 0 Å². The van der Waals surface area contributed by atoms with Gasteiger partial charge < -0.3 is 15.0 Å². The molecule has 1 aliphatic rings. The molecule has 1 aromatic heterocycles. The molecule has 8 heteroatoms. The van der Waals surface area contributed by atoms with E-state index < -0.39 is 18.3 Å². The van der Waals surface area contributed by atoms with Gasteiger partial charge in [0.2, 0.25) is 5.95 Å². The van der Waals surface area contributed by atoms with Gasteiger partial charge in [-0.25, -0.2) is 9.97 Å². The second-order valence-corrected chi connectivity index (χ2v) is 8.01. The summed E-state index contributed by atoms with van der Waals surface area (Å²) in [7, 11) is -0.515. The second-order valence-electron chi connectivity index (χ2n) is 6.86. The highest BCUT2D eigenvalue weighted by molar-refractivity contribution is 8.13. The van der Waals surface area contributed by atoms with Crippen LogP contribution in [0.2, 0.25) is 0 Å². The zero-order valence-electron chi connectivity index (χ0n) is 15.0. The maximum atomic E-state index is 11.4. The minimum atomic E-state index is -0.515. The molecule has 2 N–H and O–H groups in total. The molecule has 0 bridgehead atoms. The molecule has 0 spiro atoms. The van der Waals surface area contributed by atoms with Crippen LogP contribution in [0.25, 0.3) is 6.08 Å². The third kappa shape index (κ3) is 4.17. The third-order valence-electron chi connectivity index (χ3n) is 4.37. The van der Waals surface area contributed by atoms with Gasteiger partial charge in [-0.1, -0.05) is 17.8 Å². The van der Waals surface area contributed by atoms with E-state index in [-0.39, 0.29) is 11.1 Å². The van der Waals surface area contributed by atoms with Gasteiger partial charge in [0, 0.05) is 24.4 Å². The summed E-state index contributed by atoms with van der Waals surface area (Å²) >= 11 is 1.22. The summed E-state index contributed by atoms with van der Waals surface area (Å²) in [6.07, 6.45) is 3.59. The Labute approximate surface area is 147 Å². The van der Waals surface area contributed by atoms with Crippen molar-refractivity contribution in [3.8, 4) is 0 Å². The first-order chi connectivity index (χ1) is 11.0. The average molecular weight is 349 g/mol. The Hall–Kier alpha value is -1.38. The molecule has 0 unspecified atom stereocenters. The molecule has 2 heterocycles. The summed E-state index contributed by atoms with van der Waals surface area (Å²) < 4.78 is 12.2. The van der Waals surface area contributed by atoms with Crippen molar-refractivity contribution in [3.63, 3.8) is 0 Å². The number of hydrogen-bond donors (Lipinski definition) is 1. The molecule has 0 amide bonds. The maximum Gasteiger partial charge on any atom is 0.491 e. The van der Waals surface area contributed by atoms with Gasteiger partial charge >= 0.3 is 7.12 Å². The number of nitrogens with two attached hydrogens (primary N) is 1. The van der Waals surface area contributed by atoms with Crippen LogP contribution in [0.3, 0.4) is 0 Å². The lowest BCUT2D eigenvalue weighted by Crippen LogP contribution is -2.41. The summed E-state index contributed by atoms with van der Waals surface area (Å²) in [5.74, 6) is 0.718. The number of nitrogen functional groups attached to an aromatic ring is 1. The van der Waals surface area contributed by atoms with Gasteiger partial charge in [0.15, 0.2) is 5.12 Å². The Morgan fingerprint density at radius 1 is 1.33 bits per heavy atom. The first-order valence-electron chi connectivity index (χ1n) is 7.80. The zero-order chi connectivity index (χ0) is 18.1. The lowest BCUT2D eigenvalue weighted by atomic mass is 9.78. The fraction of sp³-hybridized carbons (Fsp3) is 0.562. The van der Waals surface area contributed by atoms with Crippen molar-refractivity contribution in [3.05, 3.63) is 22.9 Å². The predicted molar refractivity (Wildman–Crippen MR) is 98.4 cm³/mol. The molecule has 0 radical (unpaired) electrons. The van der Waals surface area contributed by atoms with Gasteiger partial charge in [-0.05, 0) is 40.1 Å². The Bertz CT molecular complexity index is 661. The van der Waals surface area contributed by atoms with Crippen LogP contribution in [0.5, 0.6) is 0 Å². The minimum Gasteiger partial charge on any atom is -0.400 e. The largest absolute Gasteiger partial charge is 0.491 e. The number of aryl methyl sites for hydroxylation is 1. The summed E-state index contributed by atoms with van der Waals surface area (Å²) in [6, 6.07) is 0. The highest BCUT2D eigenvalue weighted by Gasteiger charge is 2.52. The summed E-state index contributed by atoms with van der Waals surface area (Å²) in [5.41, 5.74) is 7.19. The van der Waals surface area contributed by atoms with Crippen LogP contribution in [0.15, 0.2) is 11.7 Å². The molecule has 0 aromatic carbocycles. The summed E-state index contributed by atoms with van der Waals surface area (Å²) in [5, 5.41) is 0.0442. The molecule has 6 nitrogen and oxygen atoms in total. The number of carbonyl (C=O) groups is 1. The molecule has 24 heavy (non-hydrogen) atoms. The smallest absolute Gasteiger partial charge is 0.400 e. The van der Waals surface area contributed by atoms with Gasteiger partial charge in [0.05, 0.1) is 16.9 Å². The molecule has 0 aliphatic carbocycles. The molecular formula is C16H24BN3O3S. The second kappa shape index (κ2) is 6.86. The number of nitrogens with zero attached hydrogens (tertiary/aromatic N) is 2. The van der Waals surface area contributed by atoms with Crippen LogP contribution in [0, 0.1) is 6.92 Å². The van der Waals surface area contributed by atoms with Crippen LogP contribution in [0.4, 0.5) is 5.95 Å². The van der Waals surface area contributed by atoms with E-state index in [0.29, 0.717) is 5.75 Å². The van der Waals surface area contributed by atoms with Gasteiger partial charge in [-0.2, -0.15) is 0 Å². The lowest BCUT2D eigenvalue weighted by molar-refractivity contribution is -0.109. The van der Waals surface area contributed by atoms with Gasteiger partial charge in [-0.15, -0.1) is 0 Å². The molecule has 1 aromatic rings. The van der Waals surface area contributed by atoms with E-state index in [2.05, 4.69) is 9.97 Å². The first kappa shape index (κ1) is 19.0. The van der Waals surface area contributed by atoms with E-state index in [4.69, 9.17) is 15.0 Å². The first-order valence-corrected chi connectivity index (χ1v) is 8.79. The van der Waals surface area contributed by atoms with E-state index in [0.717, 1.165) is 16.7 Å². The lowest BCUT2D eigenvalue weighted by Gasteiger charge is -2.32. The number of thioether (sulfide) groups is 1. The summed E-state index contributed by atoms with van der Waals surface area (Å²) in [6.45, 7) is 11.4. The highest BCUT2D eigenvalue weighted by atomic mass is 32.2. The van der Waals surface area contributed by atoms with Crippen LogP contribution < -0.4 is 5.73 Å². The Balaban J connectivity index is 2.35. The monoisotopic (exact) mass is 349 g/mol. The van der Waals surface area contributed by atoms with Crippen molar-refractivity contribution in [1.29, 1.82) is 0 Å². The highest BCUT2D eigenvalue weighted by Crippen LogP contribution is 2.39. The standard InChI is InChI=1S/C16H24BN3O3S/c1-10-12(8-19-14(18)20-10)7-13(9-24-11(2)21)17-22-15(3,4)16(5,6)23-17/h7-8H,9H2,1-6H3,(H2,18,19,20). The van der Waals surface area contributed by atoms with Gasteiger partial charge in [0.25, 0.3) is 0 Å². The predicted octanol–water partition coefficient (Wildman–Crippen LogP) is 2.66. The molecule has 0 atom stereocenters. The number of rotatable bonds is 4. The topological polar surface area (TPSA) is 87.3 Å². The van der Waals surface area contributed by atoms with Crippen molar-refractivity contribution >= 4 is 36.0 Å². The fourth-order valence-corrected chi connectivity index (χ4v) is 2.78. The average Bonchev–Trinajstić information content (AvgIpc) is 2.65. The molecule has 2 rings (SSSR count). The van der Waals surface area contributed by atoms with Crippen molar-refractivity contribution in [1.82, 2.24) is 9.97 Å². The van der Waals surface area contributed by atoms with Crippen LogP contribution in [0.1, 0.15) is 45.9 Å². The van der Waals surface area contributed by atoms with Crippen LogP contribution >= 0.6 is 11.8 Å². The molecule has 1 fully saturated rings. The quantitative estimate of drug-likeness (QED) is 0.836. The van der Waals surface area contributed by atoms with Gasteiger partial charge in [-0.3, -0.25) is 4.79 Å². The molecule has 0 saturated carbocycles. The third-order valence-corrected chi connectivity index (χ3v) is 5.26. The molecule has 130 valence electrons. The fourth-order valence-electron chi connectivity index (χ4n) is 2.19. The van der Waals surface area contributed by atoms with E-state index in [1.807, 2.05) is 40.7 Å². The Kier molecular flexibility index (Phi) is 5.42. The minimum absolute atomic E-state index is 0.0442.